The number of carboxylic acids is 1. The third-order valence-corrected chi connectivity index (χ3v) is 4.46. The monoisotopic (exact) mass is 258 g/mol. The van der Waals surface area contributed by atoms with E-state index in [1.54, 1.807) is 0 Å². The van der Waals surface area contributed by atoms with Crippen LogP contribution in [0.1, 0.15) is 37.6 Å². The summed E-state index contributed by atoms with van der Waals surface area (Å²) in [6.45, 7) is 2.08. The number of carbonyl (C=O) groups is 1. The molecule has 100 valence electrons. The summed E-state index contributed by atoms with van der Waals surface area (Å²) in [4.78, 5) is 16.1. The van der Waals surface area contributed by atoms with Crippen molar-refractivity contribution in [2.75, 3.05) is 0 Å². The van der Waals surface area contributed by atoms with Gasteiger partial charge in [-0.2, -0.15) is 0 Å². The van der Waals surface area contributed by atoms with Gasteiger partial charge in [-0.15, -0.1) is 0 Å². The van der Waals surface area contributed by atoms with Crippen LogP contribution in [0.25, 0.3) is 11.0 Å². The molecule has 1 N–H and O–H groups in total. The van der Waals surface area contributed by atoms with Crippen molar-refractivity contribution in [2.45, 2.75) is 38.0 Å². The molecule has 1 heterocycles. The van der Waals surface area contributed by atoms with Gasteiger partial charge in [0.1, 0.15) is 5.82 Å². The zero-order chi connectivity index (χ0) is 13.6. The number of hydrogen-bond acceptors (Lipinski definition) is 2. The lowest BCUT2D eigenvalue weighted by atomic mass is 9.64. The Balaban J connectivity index is 2.14. The van der Waals surface area contributed by atoms with E-state index in [-0.39, 0.29) is 0 Å². The van der Waals surface area contributed by atoms with Gasteiger partial charge in [0, 0.05) is 13.5 Å². The highest BCUT2D eigenvalue weighted by molar-refractivity contribution is 5.85. The Kier molecular flexibility index (Phi) is 2.62. The fraction of sp³-hybridized carbons (Fsp3) is 0.467. The summed E-state index contributed by atoms with van der Waals surface area (Å²) in [7, 11) is 2.00. The lowest BCUT2D eigenvalue weighted by Crippen LogP contribution is -2.42. The smallest absolute Gasteiger partial charge is 0.314 e. The van der Waals surface area contributed by atoms with E-state index in [1.165, 1.54) is 0 Å². The highest BCUT2D eigenvalue weighted by Crippen LogP contribution is 2.44. The van der Waals surface area contributed by atoms with Gasteiger partial charge in [0.2, 0.25) is 0 Å². The minimum atomic E-state index is -0.704. The van der Waals surface area contributed by atoms with E-state index in [0.717, 1.165) is 48.1 Å². The summed E-state index contributed by atoms with van der Waals surface area (Å²) < 4.78 is 2.08. The van der Waals surface area contributed by atoms with Gasteiger partial charge >= 0.3 is 5.97 Å². The SMILES string of the molecule is CCc1nc2cc(C3(C(=O)O)CCC3)ccc2n1C. The van der Waals surface area contributed by atoms with Crippen molar-refractivity contribution in [3.63, 3.8) is 0 Å². The third-order valence-electron chi connectivity index (χ3n) is 4.46. The molecule has 1 fully saturated rings. The lowest BCUT2D eigenvalue weighted by molar-refractivity contribution is -0.147. The molecule has 2 aromatic rings. The van der Waals surface area contributed by atoms with Crippen molar-refractivity contribution in [3.8, 4) is 0 Å². The van der Waals surface area contributed by atoms with Crippen molar-refractivity contribution in [1.82, 2.24) is 9.55 Å². The van der Waals surface area contributed by atoms with Gasteiger partial charge in [0.05, 0.1) is 16.4 Å². The van der Waals surface area contributed by atoms with E-state index < -0.39 is 11.4 Å². The summed E-state index contributed by atoms with van der Waals surface area (Å²) in [5, 5.41) is 9.49. The van der Waals surface area contributed by atoms with Crippen molar-refractivity contribution >= 4 is 17.0 Å². The number of benzene rings is 1. The van der Waals surface area contributed by atoms with E-state index in [2.05, 4.69) is 16.5 Å². The highest BCUT2D eigenvalue weighted by Gasteiger charge is 2.46. The number of hydrogen-bond donors (Lipinski definition) is 1. The summed E-state index contributed by atoms with van der Waals surface area (Å²) in [5.74, 6) is 0.329. The van der Waals surface area contributed by atoms with Gasteiger partial charge < -0.3 is 9.67 Å². The number of aryl methyl sites for hydroxylation is 2. The van der Waals surface area contributed by atoms with Crippen LogP contribution < -0.4 is 0 Å². The van der Waals surface area contributed by atoms with Gasteiger partial charge in [0.25, 0.3) is 0 Å². The topological polar surface area (TPSA) is 55.1 Å². The molecular weight excluding hydrogens is 240 g/mol. The molecule has 1 saturated carbocycles. The molecule has 19 heavy (non-hydrogen) atoms. The second kappa shape index (κ2) is 4.08. The first-order valence-corrected chi connectivity index (χ1v) is 6.78. The van der Waals surface area contributed by atoms with Gasteiger partial charge in [0.15, 0.2) is 0 Å². The zero-order valence-corrected chi connectivity index (χ0v) is 11.3. The van der Waals surface area contributed by atoms with Crippen LogP contribution in [0, 0.1) is 0 Å². The van der Waals surface area contributed by atoms with Gasteiger partial charge in [-0.3, -0.25) is 4.79 Å². The molecule has 0 bridgehead atoms. The molecule has 0 unspecified atom stereocenters. The van der Waals surface area contributed by atoms with Gasteiger partial charge in [-0.25, -0.2) is 4.98 Å². The number of fused-ring (bicyclic) bond motifs is 1. The standard InChI is InChI=1S/C15H18N2O2/c1-3-13-16-11-9-10(5-6-12(11)17(13)2)15(14(18)19)7-4-8-15/h5-6,9H,3-4,7-8H2,1-2H3,(H,18,19). The molecule has 0 aliphatic heterocycles. The first kappa shape index (κ1) is 12.2. The maximum Gasteiger partial charge on any atom is 0.314 e. The Morgan fingerprint density at radius 3 is 2.74 bits per heavy atom. The number of aromatic nitrogens is 2. The molecular formula is C15H18N2O2. The average molecular weight is 258 g/mol. The lowest BCUT2D eigenvalue weighted by Gasteiger charge is -2.38. The Labute approximate surface area is 112 Å². The van der Waals surface area contributed by atoms with Crippen molar-refractivity contribution in [3.05, 3.63) is 29.6 Å². The summed E-state index contributed by atoms with van der Waals surface area (Å²) in [6, 6.07) is 5.92. The van der Waals surface area contributed by atoms with Crippen LogP contribution in [-0.4, -0.2) is 20.6 Å². The Hall–Kier alpha value is -1.84. The molecule has 4 heteroatoms. The first-order valence-electron chi connectivity index (χ1n) is 6.78. The van der Waals surface area contributed by atoms with E-state index in [9.17, 15) is 9.90 Å². The minimum Gasteiger partial charge on any atom is -0.481 e. The normalized spacial score (nSPS) is 17.4. The largest absolute Gasteiger partial charge is 0.481 e. The Morgan fingerprint density at radius 1 is 1.47 bits per heavy atom. The van der Waals surface area contributed by atoms with E-state index in [0.29, 0.717) is 0 Å². The quantitative estimate of drug-likeness (QED) is 0.920. The second-order valence-electron chi connectivity index (χ2n) is 5.38. The van der Waals surface area contributed by atoms with Crippen molar-refractivity contribution in [2.24, 2.45) is 7.05 Å². The predicted octanol–water partition coefficient (Wildman–Crippen LogP) is 2.64. The number of nitrogens with zero attached hydrogens (tertiary/aromatic N) is 2. The van der Waals surface area contributed by atoms with Crippen LogP contribution in [0.2, 0.25) is 0 Å². The molecule has 1 aromatic carbocycles. The van der Waals surface area contributed by atoms with E-state index in [1.807, 2.05) is 25.2 Å². The number of carboxylic acid groups (broad SMARTS) is 1. The Bertz CT molecular complexity index is 653. The maximum absolute atomic E-state index is 11.5. The molecule has 0 radical (unpaired) electrons. The Morgan fingerprint density at radius 2 is 2.21 bits per heavy atom. The fourth-order valence-electron chi connectivity index (χ4n) is 3.02. The molecule has 3 rings (SSSR count). The summed E-state index contributed by atoms with van der Waals surface area (Å²) in [6.07, 6.45) is 3.35. The third kappa shape index (κ3) is 1.59. The van der Waals surface area contributed by atoms with E-state index in [4.69, 9.17) is 0 Å². The van der Waals surface area contributed by atoms with Crippen LogP contribution in [0.3, 0.4) is 0 Å². The van der Waals surface area contributed by atoms with Crippen molar-refractivity contribution < 1.29 is 9.90 Å². The molecule has 0 saturated heterocycles. The van der Waals surface area contributed by atoms with Crippen LogP contribution in [0.5, 0.6) is 0 Å². The summed E-state index contributed by atoms with van der Waals surface area (Å²) >= 11 is 0. The van der Waals surface area contributed by atoms with Crippen LogP contribution >= 0.6 is 0 Å². The average Bonchev–Trinajstić information content (AvgIpc) is 2.64. The number of aliphatic carboxylic acids is 1. The van der Waals surface area contributed by atoms with Gasteiger partial charge in [-0.1, -0.05) is 19.4 Å². The first-order chi connectivity index (χ1) is 9.08. The fourth-order valence-corrected chi connectivity index (χ4v) is 3.02. The maximum atomic E-state index is 11.5. The predicted molar refractivity (Wildman–Crippen MR) is 73.3 cm³/mol. The molecule has 0 spiro atoms. The van der Waals surface area contributed by atoms with Crippen LogP contribution in [0.15, 0.2) is 18.2 Å². The van der Waals surface area contributed by atoms with Gasteiger partial charge in [-0.05, 0) is 30.5 Å². The molecule has 4 nitrogen and oxygen atoms in total. The molecule has 0 amide bonds. The summed E-state index contributed by atoms with van der Waals surface area (Å²) in [5.41, 5.74) is 2.21. The number of imidazole rings is 1. The molecule has 0 atom stereocenters. The van der Waals surface area contributed by atoms with E-state index >= 15 is 0 Å². The molecule has 1 aliphatic rings. The van der Waals surface area contributed by atoms with Crippen molar-refractivity contribution in [1.29, 1.82) is 0 Å². The minimum absolute atomic E-state index is 0.669. The van der Waals surface area contributed by atoms with Crippen LogP contribution in [-0.2, 0) is 23.7 Å². The molecule has 1 aromatic heterocycles. The number of rotatable bonds is 3. The highest BCUT2D eigenvalue weighted by atomic mass is 16.4. The van der Waals surface area contributed by atoms with Crippen LogP contribution in [0.4, 0.5) is 0 Å². The second-order valence-corrected chi connectivity index (χ2v) is 5.38. The molecule has 1 aliphatic carbocycles. The zero-order valence-electron chi connectivity index (χ0n) is 11.3.